The van der Waals surface area contributed by atoms with Crippen molar-refractivity contribution in [1.82, 2.24) is 0 Å². The molecule has 0 spiro atoms. The number of thiophene rings is 1. The SMILES string of the molecule is CCC(=O)c1sc(NCC2CCCCO2)cc1N. The highest BCUT2D eigenvalue weighted by Gasteiger charge is 2.16. The first-order valence-electron chi connectivity index (χ1n) is 6.48. The third-order valence-corrected chi connectivity index (χ3v) is 4.26. The number of hydrogen-bond acceptors (Lipinski definition) is 5. The van der Waals surface area contributed by atoms with Crippen LogP contribution < -0.4 is 11.1 Å². The molecule has 1 aliphatic rings. The van der Waals surface area contributed by atoms with Gasteiger partial charge in [0, 0.05) is 19.6 Å². The van der Waals surface area contributed by atoms with Crippen LogP contribution >= 0.6 is 11.3 Å². The van der Waals surface area contributed by atoms with E-state index in [1.165, 1.54) is 17.8 Å². The van der Waals surface area contributed by atoms with E-state index in [-0.39, 0.29) is 11.9 Å². The second kappa shape index (κ2) is 6.20. The maximum Gasteiger partial charge on any atom is 0.174 e. The van der Waals surface area contributed by atoms with Gasteiger partial charge in [0.2, 0.25) is 0 Å². The highest BCUT2D eigenvalue weighted by Crippen LogP contribution is 2.30. The molecule has 1 atom stereocenters. The molecule has 2 heterocycles. The molecule has 0 radical (unpaired) electrons. The molecule has 0 saturated carbocycles. The van der Waals surface area contributed by atoms with Crippen molar-refractivity contribution in [3.8, 4) is 0 Å². The van der Waals surface area contributed by atoms with Crippen LogP contribution in [0.4, 0.5) is 10.7 Å². The Hall–Kier alpha value is -1.07. The molecule has 1 aliphatic heterocycles. The van der Waals surface area contributed by atoms with Gasteiger partial charge in [-0.05, 0) is 25.3 Å². The minimum absolute atomic E-state index is 0.111. The number of nitrogens with one attached hydrogen (secondary N) is 1. The third kappa shape index (κ3) is 3.23. The van der Waals surface area contributed by atoms with E-state index in [4.69, 9.17) is 10.5 Å². The van der Waals surface area contributed by atoms with E-state index in [0.717, 1.165) is 31.0 Å². The van der Waals surface area contributed by atoms with Crippen molar-refractivity contribution in [2.24, 2.45) is 0 Å². The Labute approximate surface area is 112 Å². The van der Waals surface area contributed by atoms with E-state index < -0.39 is 0 Å². The summed E-state index contributed by atoms with van der Waals surface area (Å²) in [6.45, 7) is 3.50. The van der Waals surface area contributed by atoms with Crippen molar-refractivity contribution in [3.63, 3.8) is 0 Å². The summed E-state index contributed by atoms with van der Waals surface area (Å²) in [7, 11) is 0. The highest BCUT2D eigenvalue weighted by atomic mass is 32.1. The van der Waals surface area contributed by atoms with Crippen molar-refractivity contribution >= 4 is 27.8 Å². The summed E-state index contributed by atoms with van der Waals surface area (Å²) >= 11 is 1.44. The van der Waals surface area contributed by atoms with E-state index >= 15 is 0 Å². The number of hydrogen-bond donors (Lipinski definition) is 2. The fourth-order valence-electron chi connectivity index (χ4n) is 2.05. The molecule has 0 aromatic carbocycles. The predicted octanol–water partition coefficient (Wildman–Crippen LogP) is 2.90. The average Bonchev–Trinajstić information content (AvgIpc) is 2.78. The van der Waals surface area contributed by atoms with E-state index in [1.807, 2.05) is 13.0 Å². The van der Waals surface area contributed by atoms with Crippen LogP contribution in [0.15, 0.2) is 6.07 Å². The molecule has 18 heavy (non-hydrogen) atoms. The average molecular weight is 268 g/mol. The van der Waals surface area contributed by atoms with Crippen LogP contribution in [0.1, 0.15) is 42.3 Å². The van der Waals surface area contributed by atoms with Crippen LogP contribution in [0.2, 0.25) is 0 Å². The molecule has 2 rings (SSSR count). The van der Waals surface area contributed by atoms with Crippen molar-refractivity contribution < 1.29 is 9.53 Å². The van der Waals surface area contributed by atoms with Gasteiger partial charge in [0.15, 0.2) is 5.78 Å². The Balaban J connectivity index is 1.91. The summed E-state index contributed by atoms with van der Waals surface area (Å²) in [5.74, 6) is 0.111. The smallest absolute Gasteiger partial charge is 0.174 e. The standard InChI is InChI=1S/C13H20N2O2S/c1-2-11(16)13-10(14)7-12(18-13)15-8-9-5-3-4-6-17-9/h7,9,15H,2-6,8,14H2,1H3. The van der Waals surface area contributed by atoms with Crippen molar-refractivity contribution in [2.75, 3.05) is 24.2 Å². The minimum atomic E-state index is 0.111. The number of rotatable bonds is 5. The molecular formula is C13H20N2O2S. The molecule has 100 valence electrons. The van der Waals surface area contributed by atoms with Gasteiger partial charge in [-0.15, -0.1) is 11.3 Å². The van der Waals surface area contributed by atoms with Gasteiger partial charge in [0.25, 0.3) is 0 Å². The summed E-state index contributed by atoms with van der Waals surface area (Å²) < 4.78 is 5.65. The number of ketones is 1. The van der Waals surface area contributed by atoms with Gasteiger partial charge in [-0.3, -0.25) is 4.79 Å². The molecule has 1 unspecified atom stereocenters. The van der Waals surface area contributed by atoms with Gasteiger partial charge in [-0.25, -0.2) is 0 Å². The number of carbonyl (C=O) groups is 1. The fourth-order valence-corrected chi connectivity index (χ4v) is 3.05. The Kier molecular flexibility index (Phi) is 4.60. The van der Waals surface area contributed by atoms with Crippen LogP contribution in [-0.4, -0.2) is 25.0 Å². The van der Waals surface area contributed by atoms with Crippen LogP contribution in [0.5, 0.6) is 0 Å². The van der Waals surface area contributed by atoms with Gasteiger partial charge in [-0.1, -0.05) is 6.92 Å². The molecule has 0 bridgehead atoms. The van der Waals surface area contributed by atoms with Gasteiger partial charge in [0.05, 0.1) is 21.7 Å². The van der Waals surface area contributed by atoms with Gasteiger partial charge < -0.3 is 15.8 Å². The molecule has 0 aliphatic carbocycles. The summed E-state index contributed by atoms with van der Waals surface area (Å²) in [6.07, 6.45) is 4.29. The topological polar surface area (TPSA) is 64.3 Å². The summed E-state index contributed by atoms with van der Waals surface area (Å²) in [5.41, 5.74) is 6.43. The van der Waals surface area contributed by atoms with E-state index in [1.54, 1.807) is 0 Å². The first-order chi connectivity index (χ1) is 8.70. The van der Waals surface area contributed by atoms with Crippen LogP contribution in [0, 0.1) is 0 Å². The monoisotopic (exact) mass is 268 g/mol. The van der Waals surface area contributed by atoms with Crippen molar-refractivity contribution in [2.45, 2.75) is 38.7 Å². The zero-order valence-electron chi connectivity index (χ0n) is 10.7. The molecule has 0 amide bonds. The molecule has 1 saturated heterocycles. The molecule has 4 nitrogen and oxygen atoms in total. The first kappa shape index (κ1) is 13.4. The summed E-state index contributed by atoms with van der Waals surface area (Å²) in [5, 5.41) is 4.27. The maximum absolute atomic E-state index is 11.6. The molecule has 3 N–H and O–H groups in total. The Bertz CT molecular complexity index is 411. The lowest BCUT2D eigenvalue weighted by atomic mass is 10.1. The number of Topliss-reactive ketones (excluding diaryl/α,β-unsaturated/α-hetero) is 1. The van der Waals surface area contributed by atoms with E-state index in [0.29, 0.717) is 17.0 Å². The number of nitrogens with two attached hydrogens (primary N) is 1. The molecule has 1 aromatic heterocycles. The zero-order chi connectivity index (χ0) is 13.0. The first-order valence-corrected chi connectivity index (χ1v) is 7.30. The normalized spacial score (nSPS) is 19.7. The van der Waals surface area contributed by atoms with Crippen molar-refractivity contribution in [1.29, 1.82) is 0 Å². The van der Waals surface area contributed by atoms with Crippen LogP contribution in [0.25, 0.3) is 0 Å². The Morgan fingerprint density at radius 3 is 3.11 bits per heavy atom. The van der Waals surface area contributed by atoms with Crippen LogP contribution in [-0.2, 0) is 4.74 Å². The second-order valence-corrected chi connectivity index (χ2v) is 5.59. The lowest BCUT2D eigenvalue weighted by molar-refractivity contribution is 0.0248. The minimum Gasteiger partial charge on any atom is -0.397 e. The number of ether oxygens (including phenoxy) is 1. The van der Waals surface area contributed by atoms with Gasteiger partial charge >= 0.3 is 0 Å². The predicted molar refractivity (Wildman–Crippen MR) is 75.4 cm³/mol. The lowest BCUT2D eigenvalue weighted by Crippen LogP contribution is -2.26. The van der Waals surface area contributed by atoms with Gasteiger partial charge in [0.1, 0.15) is 0 Å². The van der Waals surface area contributed by atoms with Crippen LogP contribution in [0.3, 0.4) is 0 Å². The van der Waals surface area contributed by atoms with E-state index in [2.05, 4.69) is 5.32 Å². The highest BCUT2D eigenvalue weighted by molar-refractivity contribution is 7.18. The lowest BCUT2D eigenvalue weighted by Gasteiger charge is -2.22. The summed E-state index contributed by atoms with van der Waals surface area (Å²) in [4.78, 5) is 12.3. The Morgan fingerprint density at radius 1 is 1.61 bits per heavy atom. The second-order valence-electron chi connectivity index (χ2n) is 4.54. The van der Waals surface area contributed by atoms with Crippen molar-refractivity contribution in [3.05, 3.63) is 10.9 Å². The molecule has 1 aromatic rings. The molecule has 5 heteroatoms. The Morgan fingerprint density at radius 2 is 2.44 bits per heavy atom. The van der Waals surface area contributed by atoms with E-state index in [9.17, 15) is 4.79 Å². The zero-order valence-corrected chi connectivity index (χ0v) is 11.5. The number of anilines is 2. The third-order valence-electron chi connectivity index (χ3n) is 3.11. The van der Waals surface area contributed by atoms with Gasteiger partial charge in [-0.2, -0.15) is 0 Å². The maximum atomic E-state index is 11.6. The number of nitrogen functional groups attached to an aromatic ring is 1. The molecule has 1 fully saturated rings. The quantitative estimate of drug-likeness (QED) is 0.806. The molecular weight excluding hydrogens is 248 g/mol. The largest absolute Gasteiger partial charge is 0.397 e. The number of carbonyl (C=O) groups excluding carboxylic acids is 1. The summed E-state index contributed by atoms with van der Waals surface area (Å²) in [6, 6.07) is 1.84. The fraction of sp³-hybridized carbons (Fsp3) is 0.615.